The summed E-state index contributed by atoms with van der Waals surface area (Å²) in [6, 6.07) is 12.7. The molecule has 0 aromatic heterocycles. The predicted octanol–water partition coefficient (Wildman–Crippen LogP) is 2.94. The van der Waals surface area contributed by atoms with Gasteiger partial charge < -0.3 is 10.6 Å². The quantitative estimate of drug-likeness (QED) is 0.647. The lowest BCUT2D eigenvalue weighted by Crippen LogP contribution is -2.38. The monoisotopic (exact) mass is 361 g/mol. The van der Waals surface area contributed by atoms with Crippen LogP contribution in [0, 0.1) is 17.0 Å². The molecule has 1 amide bonds. The number of carbonyl (C=O) groups is 1. The standard InChI is InChI=1S/C18H19N3O3.ClH/c1-12-8-14(10-15(9-12)21(23)24)18(22)20-11-17-16-5-3-2-4-13(16)6-7-19-17;/h2-5,8-10,17,19H,6-7,11H2,1H3,(H,20,22);1H. The van der Waals surface area contributed by atoms with Crippen LogP contribution in [-0.4, -0.2) is 23.9 Å². The molecule has 0 saturated carbocycles. The Bertz CT molecular complexity index is 795. The van der Waals surface area contributed by atoms with Crippen molar-refractivity contribution in [3.63, 3.8) is 0 Å². The van der Waals surface area contributed by atoms with E-state index >= 15 is 0 Å². The van der Waals surface area contributed by atoms with Crippen molar-refractivity contribution in [3.8, 4) is 0 Å². The Morgan fingerprint density at radius 2 is 2.08 bits per heavy atom. The summed E-state index contributed by atoms with van der Waals surface area (Å²) in [5, 5.41) is 17.2. The molecule has 2 N–H and O–H groups in total. The molecule has 132 valence electrons. The van der Waals surface area contributed by atoms with Gasteiger partial charge in [-0.05, 0) is 42.6 Å². The van der Waals surface area contributed by atoms with Crippen LogP contribution in [0.25, 0.3) is 0 Å². The second kappa shape index (κ2) is 8.09. The molecule has 0 radical (unpaired) electrons. The number of non-ortho nitro benzene ring substituents is 1. The van der Waals surface area contributed by atoms with Crippen LogP contribution in [0.5, 0.6) is 0 Å². The first-order valence-corrected chi connectivity index (χ1v) is 7.90. The molecule has 7 heteroatoms. The summed E-state index contributed by atoms with van der Waals surface area (Å²) in [4.78, 5) is 22.8. The maximum atomic E-state index is 12.4. The number of aryl methyl sites for hydroxylation is 1. The van der Waals surface area contributed by atoms with Gasteiger partial charge in [0.2, 0.25) is 0 Å². The highest BCUT2D eigenvalue weighted by atomic mass is 35.5. The molecule has 2 aromatic carbocycles. The van der Waals surface area contributed by atoms with Crippen molar-refractivity contribution in [3.05, 3.63) is 74.8 Å². The molecule has 0 saturated heterocycles. The number of hydrogen-bond acceptors (Lipinski definition) is 4. The number of nitro benzene ring substituents is 1. The van der Waals surface area contributed by atoms with Crippen LogP contribution in [0.15, 0.2) is 42.5 Å². The number of hydrogen-bond donors (Lipinski definition) is 2. The molecule has 6 nitrogen and oxygen atoms in total. The van der Waals surface area contributed by atoms with Crippen molar-refractivity contribution in [1.29, 1.82) is 0 Å². The van der Waals surface area contributed by atoms with Crippen LogP contribution in [-0.2, 0) is 6.42 Å². The van der Waals surface area contributed by atoms with Crippen LogP contribution < -0.4 is 10.6 Å². The van der Waals surface area contributed by atoms with Gasteiger partial charge in [-0.15, -0.1) is 12.4 Å². The van der Waals surface area contributed by atoms with Gasteiger partial charge in [0.1, 0.15) is 0 Å². The zero-order valence-electron chi connectivity index (χ0n) is 13.8. The van der Waals surface area contributed by atoms with Gasteiger partial charge in [0, 0.05) is 30.3 Å². The first kappa shape index (κ1) is 18.9. The van der Waals surface area contributed by atoms with E-state index in [2.05, 4.69) is 22.8 Å². The number of carbonyl (C=O) groups excluding carboxylic acids is 1. The molecule has 1 unspecified atom stereocenters. The molecule has 1 atom stereocenters. The van der Waals surface area contributed by atoms with Gasteiger partial charge in [0.15, 0.2) is 0 Å². The number of fused-ring (bicyclic) bond motifs is 1. The number of nitro groups is 1. The van der Waals surface area contributed by atoms with Crippen molar-refractivity contribution in [2.24, 2.45) is 0 Å². The minimum absolute atomic E-state index is 0. The van der Waals surface area contributed by atoms with Crippen molar-refractivity contribution >= 4 is 24.0 Å². The first-order chi connectivity index (χ1) is 11.5. The van der Waals surface area contributed by atoms with E-state index in [4.69, 9.17) is 0 Å². The third kappa shape index (κ3) is 4.35. The normalized spacial score (nSPS) is 15.6. The summed E-state index contributed by atoms with van der Waals surface area (Å²) in [7, 11) is 0. The number of nitrogens with one attached hydrogen (secondary N) is 2. The van der Waals surface area contributed by atoms with Crippen LogP contribution in [0.4, 0.5) is 5.69 Å². The molecular formula is C18H20ClN3O3. The van der Waals surface area contributed by atoms with E-state index in [1.807, 2.05) is 12.1 Å². The van der Waals surface area contributed by atoms with Gasteiger partial charge in [-0.1, -0.05) is 24.3 Å². The molecule has 0 fully saturated rings. The second-order valence-electron chi connectivity index (χ2n) is 5.98. The minimum Gasteiger partial charge on any atom is -0.350 e. The van der Waals surface area contributed by atoms with Crippen LogP contribution in [0.2, 0.25) is 0 Å². The summed E-state index contributed by atoms with van der Waals surface area (Å²) in [5.41, 5.74) is 3.42. The fraction of sp³-hybridized carbons (Fsp3) is 0.278. The molecule has 0 aliphatic carbocycles. The van der Waals surface area contributed by atoms with Gasteiger partial charge in [-0.25, -0.2) is 0 Å². The molecule has 1 aliphatic rings. The maximum Gasteiger partial charge on any atom is 0.270 e. The van der Waals surface area contributed by atoms with Crippen molar-refractivity contribution in [2.45, 2.75) is 19.4 Å². The number of benzene rings is 2. The maximum absolute atomic E-state index is 12.4. The topological polar surface area (TPSA) is 84.3 Å². The second-order valence-corrected chi connectivity index (χ2v) is 5.98. The largest absolute Gasteiger partial charge is 0.350 e. The Labute approximate surface area is 152 Å². The third-order valence-corrected chi connectivity index (χ3v) is 4.22. The summed E-state index contributed by atoms with van der Waals surface area (Å²) in [5.74, 6) is -0.299. The highest BCUT2D eigenvalue weighted by Gasteiger charge is 2.20. The first-order valence-electron chi connectivity index (χ1n) is 7.90. The summed E-state index contributed by atoms with van der Waals surface area (Å²) in [6.07, 6.45) is 0.977. The van der Waals surface area contributed by atoms with Gasteiger partial charge in [-0.3, -0.25) is 14.9 Å². The average Bonchev–Trinajstić information content (AvgIpc) is 2.59. The predicted molar refractivity (Wildman–Crippen MR) is 98.3 cm³/mol. The molecule has 1 heterocycles. The molecule has 2 aromatic rings. The van der Waals surface area contributed by atoms with Crippen molar-refractivity contribution in [2.75, 3.05) is 13.1 Å². The Kier molecular flexibility index (Phi) is 6.12. The molecule has 0 spiro atoms. The minimum atomic E-state index is -0.483. The van der Waals surface area contributed by atoms with Crippen LogP contribution >= 0.6 is 12.4 Å². The fourth-order valence-corrected chi connectivity index (χ4v) is 3.07. The molecule has 1 aliphatic heterocycles. The third-order valence-electron chi connectivity index (χ3n) is 4.22. The zero-order valence-corrected chi connectivity index (χ0v) is 14.6. The van der Waals surface area contributed by atoms with Crippen LogP contribution in [0.1, 0.15) is 33.1 Å². The molecule has 3 rings (SSSR count). The Hall–Kier alpha value is -2.44. The number of rotatable bonds is 4. The lowest BCUT2D eigenvalue weighted by molar-refractivity contribution is -0.384. The van der Waals surface area contributed by atoms with E-state index in [0.717, 1.165) is 13.0 Å². The Morgan fingerprint density at radius 1 is 1.32 bits per heavy atom. The number of halogens is 1. The highest BCUT2D eigenvalue weighted by molar-refractivity contribution is 5.95. The molecular weight excluding hydrogens is 342 g/mol. The van der Waals surface area contributed by atoms with Gasteiger partial charge in [0.05, 0.1) is 4.92 Å². The molecule has 0 bridgehead atoms. The Balaban J connectivity index is 0.00000225. The lowest BCUT2D eigenvalue weighted by Gasteiger charge is -2.27. The Morgan fingerprint density at radius 3 is 2.84 bits per heavy atom. The highest BCUT2D eigenvalue weighted by Crippen LogP contribution is 2.22. The van der Waals surface area contributed by atoms with Crippen LogP contribution in [0.3, 0.4) is 0 Å². The zero-order chi connectivity index (χ0) is 17.1. The van der Waals surface area contributed by atoms with E-state index in [-0.39, 0.29) is 30.0 Å². The van der Waals surface area contributed by atoms with Crippen molar-refractivity contribution in [1.82, 2.24) is 10.6 Å². The van der Waals surface area contributed by atoms with E-state index in [1.165, 1.54) is 23.3 Å². The summed E-state index contributed by atoms with van der Waals surface area (Å²) < 4.78 is 0. The van der Waals surface area contributed by atoms with Crippen molar-refractivity contribution < 1.29 is 9.72 Å². The molecule has 25 heavy (non-hydrogen) atoms. The van der Waals surface area contributed by atoms with E-state index < -0.39 is 4.92 Å². The fourth-order valence-electron chi connectivity index (χ4n) is 3.07. The SMILES string of the molecule is Cc1cc(C(=O)NCC2NCCc3ccccc32)cc([N+](=O)[O-])c1.Cl. The van der Waals surface area contributed by atoms with Gasteiger partial charge >= 0.3 is 0 Å². The lowest BCUT2D eigenvalue weighted by atomic mass is 9.94. The summed E-state index contributed by atoms with van der Waals surface area (Å²) in [6.45, 7) is 3.05. The van der Waals surface area contributed by atoms with E-state index in [1.54, 1.807) is 13.0 Å². The van der Waals surface area contributed by atoms with E-state index in [0.29, 0.717) is 17.7 Å². The number of nitrogens with zero attached hydrogens (tertiary/aromatic N) is 1. The van der Waals surface area contributed by atoms with Gasteiger partial charge in [0.25, 0.3) is 11.6 Å². The average molecular weight is 362 g/mol. The smallest absolute Gasteiger partial charge is 0.270 e. The van der Waals surface area contributed by atoms with Gasteiger partial charge in [-0.2, -0.15) is 0 Å². The van der Waals surface area contributed by atoms with E-state index in [9.17, 15) is 14.9 Å². The number of amides is 1. The summed E-state index contributed by atoms with van der Waals surface area (Å²) >= 11 is 0.